The van der Waals surface area contributed by atoms with Gasteiger partial charge in [0.15, 0.2) is 0 Å². The van der Waals surface area contributed by atoms with Crippen LogP contribution in [0.15, 0.2) is 23.1 Å². The molecule has 2 unspecified atom stereocenters. The topological polar surface area (TPSA) is 67.4 Å². The lowest BCUT2D eigenvalue weighted by Crippen LogP contribution is -2.27. The summed E-state index contributed by atoms with van der Waals surface area (Å²) in [5, 5.41) is 6.24. The molecule has 0 bridgehead atoms. The van der Waals surface area contributed by atoms with Crippen molar-refractivity contribution in [2.45, 2.75) is 24.6 Å². The van der Waals surface area contributed by atoms with Crippen molar-refractivity contribution in [1.29, 1.82) is 0 Å². The summed E-state index contributed by atoms with van der Waals surface area (Å²) in [5.41, 5.74) is 0.659. The van der Waals surface area contributed by atoms with Gasteiger partial charge in [-0.3, -0.25) is 14.9 Å². The number of nitrogens with one attached hydrogen (secondary N) is 2. The van der Waals surface area contributed by atoms with Crippen molar-refractivity contribution in [3.63, 3.8) is 0 Å². The number of imide groups is 1. The largest absolute Gasteiger partial charge is 0.492 e. The minimum Gasteiger partial charge on any atom is -0.492 e. The summed E-state index contributed by atoms with van der Waals surface area (Å²) < 4.78 is 5.82. The van der Waals surface area contributed by atoms with Crippen molar-refractivity contribution in [2.75, 3.05) is 12.5 Å². The van der Waals surface area contributed by atoms with Gasteiger partial charge in [-0.25, -0.2) is 0 Å². The first-order valence-electron chi connectivity index (χ1n) is 7.56. The molecule has 2 heterocycles. The van der Waals surface area contributed by atoms with E-state index in [9.17, 15) is 9.59 Å². The van der Waals surface area contributed by atoms with Crippen molar-refractivity contribution in [3.8, 4) is 5.75 Å². The predicted molar refractivity (Wildman–Crippen MR) is 99.5 cm³/mol. The third-order valence-corrected chi connectivity index (χ3v) is 6.46. The van der Waals surface area contributed by atoms with Crippen LogP contribution in [0.2, 0.25) is 5.02 Å². The lowest BCUT2D eigenvalue weighted by molar-refractivity contribution is -0.115. The monoisotopic (exact) mass is 384 g/mol. The van der Waals surface area contributed by atoms with E-state index in [4.69, 9.17) is 16.3 Å². The Labute approximate surface area is 153 Å². The minimum absolute atomic E-state index is 0.335. The van der Waals surface area contributed by atoms with E-state index >= 15 is 0 Å². The zero-order valence-electron chi connectivity index (χ0n) is 13.0. The molecule has 2 aliphatic rings. The third kappa shape index (κ3) is 4.08. The van der Waals surface area contributed by atoms with Gasteiger partial charge in [0.25, 0.3) is 11.1 Å². The van der Waals surface area contributed by atoms with Gasteiger partial charge in [0, 0.05) is 17.2 Å². The quantitative estimate of drug-likeness (QED) is 0.757. The summed E-state index contributed by atoms with van der Waals surface area (Å²) in [7, 11) is 0. The Morgan fingerprint density at radius 1 is 1.42 bits per heavy atom. The second-order valence-electron chi connectivity index (χ2n) is 5.49. The van der Waals surface area contributed by atoms with Crippen LogP contribution in [0, 0.1) is 0 Å². The fourth-order valence-corrected chi connectivity index (χ4v) is 4.62. The van der Waals surface area contributed by atoms with E-state index in [2.05, 4.69) is 17.6 Å². The zero-order chi connectivity index (χ0) is 17.1. The van der Waals surface area contributed by atoms with Crippen LogP contribution in [-0.4, -0.2) is 34.9 Å². The molecular formula is C16H17ClN2O3S2. The van der Waals surface area contributed by atoms with Gasteiger partial charge in [-0.2, -0.15) is 0 Å². The Kier molecular flexibility index (Phi) is 5.76. The number of ether oxygens (including phenoxy) is 1. The molecule has 0 aromatic heterocycles. The second kappa shape index (κ2) is 7.82. The smallest absolute Gasteiger partial charge is 0.290 e. The van der Waals surface area contributed by atoms with Gasteiger partial charge in [-0.15, -0.1) is 11.8 Å². The van der Waals surface area contributed by atoms with Gasteiger partial charge < -0.3 is 10.1 Å². The molecule has 5 nitrogen and oxygen atoms in total. The standard InChI is InChI=1S/C16H17ClN2O3S2/c1-9-12(23-8-18-9)5-6-22-11-4-2-3-10(14(11)17)7-13-15(20)19-16(21)24-13/h2-4,7,9,12,18H,5-6,8H2,1H3,(H,19,20,21). The van der Waals surface area contributed by atoms with E-state index in [0.29, 0.717) is 39.1 Å². The molecule has 0 saturated carbocycles. The van der Waals surface area contributed by atoms with Crippen LogP contribution in [0.5, 0.6) is 5.75 Å². The number of carbonyl (C=O) groups is 2. The summed E-state index contributed by atoms with van der Waals surface area (Å²) in [5.74, 6) is 1.17. The van der Waals surface area contributed by atoms with E-state index < -0.39 is 5.91 Å². The molecule has 0 spiro atoms. The number of thioether (sulfide) groups is 2. The first-order chi connectivity index (χ1) is 11.5. The molecule has 1 aromatic rings. The number of hydrogen-bond donors (Lipinski definition) is 2. The fraction of sp³-hybridized carbons (Fsp3) is 0.375. The van der Waals surface area contributed by atoms with Gasteiger partial charge in [-0.1, -0.05) is 23.7 Å². The normalized spacial score (nSPS) is 25.3. The number of halogens is 1. The predicted octanol–water partition coefficient (Wildman–Crippen LogP) is 3.48. The molecule has 0 aliphatic carbocycles. The first-order valence-corrected chi connectivity index (χ1v) is 9.80. The van der Waals surface area contributed by atoms with Crippen LogP contribution < -0.4 is 15.4 Å². The Balaban J connectivity index is 1.66. The maximum Gasteiger partial charge on any atom is 0.290 e. The third-order valence-electron chi connectivity index (χ3n) is 3.84. The average molecular weight is 385 g/mol. The molecule has 128 valence electrons. The van der Waals surface area contributed by atoms with Crippen molar-refractivity contribution in [3.05, 3.63) is 33.7 Å². The van der Waals surface area contributed by atoms with Crippen molar-refractivity contribution in [2.24, 2.45) is 0 Å². The van der Waals surface area contributed by atoms with Crippen LogP contribution in [0.1, 0.15) is 18.9 Å². The molecule has 3 rings (SSSR count). The van der Waals surface area contributed by atoms with E-state index in [1.54, 1.807) is 18.2 Å². The number of benzene rings is 1. The Bertz CT molecular complexity index is 696. The molecule has 8 heteroatoms. The highest BCUT2D eigenvalue weighted by atomic mass is 35.5. The highest BCUT2D eigenvalue weighted by Crippen LogP contribution is 2.33. The van der Waals surface area contributed by atoms with Crippen LogP contribution >= 0.6 is 35.1 Å². The van der Waals surface area contributed by atoms with E-state index in [-0.39, 0.29) is 5.24 Å². The van der Waals surface area contributed by atoms with Crippen LogP contribution in [0.4, 0.5) is 4.79 Å². The number of rotatable bonds is 5. The van der Waals surface area contributed by atoms with Crippen molar-refractivity contribution < 1.29 is 14.3 Å². The molecule has 2 amide bonds. The number of hydrogen-bond acceptors (Lipinski definition) is 6. The lowest BCUT2D eigenvalue weighted by Gasteiger charge is -2.15. The maximum atomic E-state index is 11.6. The lowest BCUT2D eigenvalue weighted by atomic mass is 10.2. The summed E-state index contributed by atoms with van der Waals surface area (Å²) in [6.07, 6.45) is 2.55. The summed E-state index contributed by atoms with van der Waals surface area (Å²) >= 11 is 9.15. The molecule has 2 fully saturated rings. The Morgan fingerprint density at radius 2 is 2.25 bits per heavy atom. The number of amides is 2. The molecular weight excluding hydrogens is 368 g/mol. The zero-order valence-corrected chi connectivity index (χ0v) is 15.4. The SMILES string of the molecule is CC1NCSC1CCOc1cccc(C=C2SC(=O)NC2=O)c1Cl. The number of carbonyl (C=O) groups excluding carboxylic acids is 2. The highest BCUT2D eigenvalue weighted by molar-refractivity contribution is 8.18. The van der Waals surface area contributed by atoms with E-state index in [1.165, 1.54) is 0 Å². The van der Waals surface area contributed by atoms with E-state index in [1.807, 2.05) is 17.8 Å². The van der Waals surface area contributed by atoms with Gasteiger partial charge in [0.05, 0.1) is 16.5 Å². The Hall–Kier alpha value is -1.15. The fourth-order valence-electron chi connectivity index (χ4n) is 2.49. The van der Waals surface area contributed by atoms with Crippen molar-refractivity contribution >= 4 is 52.3 Å². The van der Waals surface area contributed by atoms with Gasteiger partial charge in [-0.05, 0) is 42.8 Å². The first kappa shape index (κ1) is 17.7. The summed E-state index contributed by atoms with van der Waals surface area (Å²) in [6, 6.07) is 5.90. The van der Waals surface area contributed by atoms with Crippen LogP contribution in [0.3, 0.4) is 0 Å². The molecule has 24 heavy (non-hydrogen) atoms. The molecule has 2 saturated heterocycles. The molecule has 0 radical (unpaired) electrons. The van der Waals surface area contributed by atoms with Crippen LogP contribution in [-0.2, 0) is 4.79 Å². The van der Waals surface area contributed by atoms with Crippen molar-refractivity contribution in [1.82, 2.24) is 10.6 Å². The average Bonchev–Trinajstić information content (AvgIpc) is 3.08. The maximum absolute atomic E-state index is 11.6. The summed E-state index contributed by atoms with van der Waals surface area (Å²) in [6.45, 7) is 2.76. The molecule has 2 aliphatic heterocycles. The molecule has 2 atom stereocenters. The van der Waals surface area contributed by atoms with Gasteiger partial charge >= 0.3 is 0 Å². The second-order valence-corrected chi connectivity index (χ2v) is 8.11. The van der Waals surface area contributed by atoms with Gasteiger partial charge in [0.1, 0.15) is 5.75 Å². The minimum atomic E-state index is -0.396. The van der Waals surface area contributed by atoms with Crippen LogP contribution in [0.25, 0.3) is 6.08 Å². The van der Waals surface area contributed by atoms with E-state index in [0.717, 1.165) is 24.1 Å². The Morgan fingerprint density at radius 3 is 2.92 bits per heavy atom. The van der Waals surface area contributed by atoms with Gasteiger partial charge in [0.2, 0.25) is 0 Å². The molecule has 2 N–H and O–H groups in total. The highest BCUT2D eigenvalue weighted by Gasteiger charge is 2.26. The summed E-state index contributed by atoms with van der Waals surface area (Å²) in [4.78, 5) is 23.2. The molecule has 1 aromatic carbocycles.